The zero-order valence-electron chi connectivity index (χ0n) is 9.27. The highest BCUT2D eigenvalue weighted by atomic mass is 14.8. The first-order valence-electron chi connectivity index (χ1n) is 5.43. The Balaban J connectivity index is 2.32. The lowest BCUT2D eigenvalue weighted by Gasteiger charge is -2.06. The maximum absolute atomic E-state index is 4.40. The first-order valence-corrected chi connectivity index (χ1v) is 5.43. The molecule has 0 radical (unpaired) electrons. The van der Waals surface area contributed by atoms with Crippen LogP contribution in [-0.2, 0) is 6.42 Å². The van der Waals surface area contributed by atoms with Crippen LogP contribution in [0.3, 0.4) is 0 Å². The van der Waals surface area contributed by atoms with Crippen LogP contribution in [0.25, 0.3) is 0 Å². The molecule has 1 aromatic rings. The van der Waals surface area contributed by atoms with Crippen molar-refractivity contribution >= 4 is 23.8 Å². The van der Waals surface area contributed by atoms with Crippen molar-refractivity contribution in [1.29, 1.82) is 0 Å². The number of rotatable bonds is 2. The number of benzene rings is 1. The highest BCUT2D eigenvalue weighted by Crippen LogP contribution is 2.30. The van der Waals surface area contributed by atoms with Gasteiger partial charge < -0.3 is 0 Å². The topological polar surface area (TPSA) is 24.7 Å². The van der Waals surface area contributed by atoms with Crippen molar-refractivity contribution in [3.63, 3.8) is 0 Å². The maximum Gasteiger partial charge on any atom is 0.0884 e. The average Bonchev–Trinajstić information content (AvgIpc) is 2.41. The molecule has 0 saturated carbocycles. The standard InChI is InChI=1S/C13H16N2/c1-10(2)8-11-4-5-12-13(9-11)15-7-3-6-14-12/h4-7,9-10H,3,8H2,1-2H3. The lowest BCUT2D eigenvalue weighted by atomic mass is 10.0. The predicted octanol–water partition coefficient (Wildman–Crippen LogP) is 3.69. The molecule has 0 saturated heterocycles. The van der Waals surface area contributed by atoms with Crippen molar-refractivity contribution in [3.8, 4) is 0 Å². The molecule has 0 N–H and O–H groups in total. The predicted molar refractivity (Wildman–Crippen MR) is 65.9 cm³/mol. The molecule has 1 aliphatic heterocycles. The van der Waals surface area contributed by atoms with E-state index in [4.69, 9.17) is 0 Å². The van der Waals surface area contributed by atoms with Crippen molar-refractivity contribution in [2.24, 2.45) is 15.9 Å². The highest BCUT2D eigenvalue weighted by molar-refractivity contribution is 5.87. The summed E-state index contributed by atoms with van der Waals surface area (Å²) in [6.07, 6.45) is 5.74. The second-order valence-corrected chi connectivity index (χ2v) is 4.28. The minimum Gasteiger partial charge on any atom is -0.259 e. The molecule has 1 heterocycles. The molecule has 0 aliphatic carbocycles. The van der Waals surface area contributed by atoms with Gasteiger partial charge in [-0.1, -0.05) is 19.9 Å². The first kappa shape index (κ1) is 10.1. The Morgan fingerprint density at radius 1 is 1.13 bits per heavy atom. The van der Waals surface area contributed by atoms with Gasteiger partial charge in [0.2, 0.25) is 0 Å². The average molecular weight is 200 g/mol. The smallest absolute Gasteiger partial charge is 0.0884 e. The van der Waals surface area contributed by atoms with Crippen LogP contribution >= 0.6 is 0 Å². The summed E-state index contributed by atoms with van der Waals surface area (Å²) in [5.74, 6) is 0.682. The van der Waals surface area contributed by atoms with E-state index in [1.165, 1.54) is 5.56 Å². The zero-order valence-corrected chi connectivity index (χ0v) is 9.27. The normalized spacial score (nSPS) is 14.1. The molecule has 0 fully saturated rings. The van der Waals surface area contributed by atoms with E-state index in [0.29, 0.717) is 5.92 Å². The van der Waals surface area contributed by atoms with E-state index >= 15 is 0 Å². The Hall–Kier alpha value is -1.44. The Morgan fingerprint density at radius 2 is 1.87 bits per heavy atom. The van der Waals surface area contributed by atoms with Gasteiger partial charge in [0.1, 0.15) is 0 Å². The van der Waals surface area contributed by atoms with Crippen LogP contribution in [-0.4, -0.2) is 12.4 Å². The van der Waals surface area contributed by atoms with Gasteiger partial charge in [-0.15, -0.1) is 0 Å². The molecule has 0 aromatic heterocycles. The fourth-order valence-corrected chi connectivity index (χ4v) is 1.73. The summed E-state index contributed by atoms with van der Waals surface area (Å²) < 4.78 is 0. The molecular weight excluding hydrogens is 184 g/mol. The van der Waals surface area contributed by atoms with E-state index in [9.17, 15) is 0 Å². The molecule has 0 spiro atoms. The maximum atomic E-state index is 4.40. The van der Waals surface area contributed by atoms with Gasteiger partial charge in [0.25, 0.3) is 0 Å². The molecule has 0 amide bonds. The summed E-state index contributed by atoms with van der Waals surface area (Å²) in [5, 5.41) is 0. The zero-order chi connectivity index (χ0) is 10.7. The van der Waals surface area contributed by atoms with E-state index in [-0.39, 0.29) is 0 Å². The molecular formula is C13H16N2. The Labute approximate surface area is 90.8 Å². The van der Waals surface area contributed by atoms with E-state index in [0.717, 1.165) is 24.2 Å². The third-order valence-corrected chi connectivity index (χ3v) is 2.36. The number of hydrogen-bond donors (Lipinski definition) is 0. The van der Waals surface area contributed by atoms with Crippen LogP contribution in [0.15, 0.2) is 28.2 Å². The van der Waals surface area contributed by atoms with E-state index in [1.54, 1.807) is 0 Å². The van der Waals surface area contributed by atoms with Crippen LogP contribution < -0.4 is 0 Å². The number of fused-ring (bicyclic) bond motifs is 1. The van der Waals surface area contributed by atoms with Crippen molar-refractivity contribution in [3.05, 3.63) is 23.8 Å². The van der Waals surface area contributed by atoms with Gasteiger partial charge in [-0.2, -0.15) is 0 Å². The summed E-state index contributed by atoms with van der Waals surface area (Å²) in [5.41, 5.74) is 3.33. The van der Waals surface area contributed by atoms with E-state index < -0.39 is 0 Å². The summed E-state index contributed by atoms with van der Waals surface area (Å²) >= 11 is 0. The Kier molecular flexibility index (Phi) is 2.95. The van der Waals surface area contributed by atoms with Crippen molar-refractivity contribution in [2.45, 2.75) is 26.7 Å². The molecule has 0 unspecified atom stereocenters. The minimum absolute atomic E-state index is 0.682. The van der Waals surface area contributed by atoms with Gasteiger partial charge >= 0.3 is 0 Å². The third-order valence-electron chi connectivity index (χ3n) is 2.36. The Morgan fingerprint density at radius 3 is 2.60 bits per heavy atom. The lowest BCUT2D eigenvalue weighted by molar-refractivity contribution is 0.647. The van der Waals surface area contributed by atoms with Crippen LogP contribution in [0.5, 0.6) is 0 Å². The van der Waals surface area contributed by atoms with Gasteiger partial charge in [-0.05, 0) is 30.0 Å². The van der Waals surface area contributed by atoms with Crippen molar-refractivity contribution < 1.29 is 0 Å². The molecule has 2 rings (SSSR count). The van der Waals surface area contributed by atoms with Crippen molar-refractivity contribution in [1.82, 2.24) is 0 Å². The third kappa shape index (κ3) is 2.52. The minimum atomic E-state index is 0.682. The van der Waals surface area contributed by atoms with Gasteiger partial charge in [-0.25, -0.2) is 0 Å². The SMILES string of the molecule is CC(C)Cc1ccc2c(c1)N=CCC=N2. The van der Waals surface area contributed by atoms with Crippen molar-refractivity contribution in [2.75, 3.05) is 0 Å². The van der Waals surface area contributed by atoms with Gasteiger partial charge in [0, 0.05) is 18.9 Å². The number of aliphatic imine (C=N–C) groups is 2. The highest BCUT2D eigenvalue weighted by Gasteiger charge is 2.04. The molecule has 15 heavy (non-hydrogen) atoms. The summed E-state index contributed by atoms with van der Waals surface area (Å²) in [7, 11) is 0. The summed E-state index contributed by atoms with van der Waals surface area (Å²) in [6, 6.07) is 6.36. The van der Waals surface area contributed by atoms with E-state index in [2.05, 4.69) is 42.0 Å². The second kappa shape index (κ2) is 4.39. The molecule has 1 aromatic carbocycles. The van der Waals surface area contributed by atoms with E-state index in [1.807, 2.05) is 12.4 Å². The number of hydrogen-bond acceptors (Lipinski definition) is 2. The Bertz CT molecular complexity index is 403. The van der Waals surface area contributed by atoms with Crippen LogP contribution in [0.2, 0.25) is 0 Å². The fraction of sp³-hybridized carbons (Fsp3) is 0.385. The van der Waals surface area contributed by atoms with Crippen LogP contribution in [0.1, 0.15) is 25.8 Å². The molecule has 0 atom stereocenters. The second-order valence-electron chi connectivity index (χ2n) is 4.28. The molecule has 78 valence electrons. The summed E-state index contributed by atoms with van der Waals surface area (Å²) in [4.78, 5) is 8.76. The summed E-state index contributed by atoms with van der Waals surface area (Å²) in [6.45, 7) is 4.46. The number of nitrogens with zero attached hydrogens (tertiary/aromatic N) is 2. The van der Waals surface area contributed by atoms with Gasteiger partial charge in [0.15, 0.2) is 0 Å². The largest absolute Gasteiger partial charge is 0.259 e. The quantitative estimate of drug-likeness (QED) is 0.695. The molecule has 2 heteroatoms. The monoisotopic (exact) mass is 200 g/mol. The first-order chi connectivity index (χ1) is 7.25. The molecule has 1 aliphatic rings. The van der Waals surface area contributed by atoms with Crippen LogP contribution in [0, 0.1) is 5.92 Å². The lowest BCUT2D eigenvalue weighted by Crippen LogP contribution is -1.93. The van der Waals surface area contributed by atoms with Gasteiger partial charge in [-0.3, -0.25) is 9.98 Å². The van der Waals surface area contributed by atoms with Gasteiger partial charge in [0.05, 0.1) is 11.4 Å². The van der Waals surface area contributed by atoms with Crippen LogP contribution in [0.4, 0.5) is 11.4 Å². The fourth-order valence-electron chi connectivity index (χ4n) is 1.73. The molecule has 2 nitrogen and oxygen atoms in total. The molecule has 0 bridgehead atoms.